The van der Waals surface area contributed by atoms with Crippen molar-refractivity contribution >= 4 is 126 Å². The van der Waals surface area contributed by atoms with E-state index in [1.807, 2.05) is 208 Å². The van der Waals surface area contributed by atoms with Crippen LogP contribution in [0.5, 0.6) is 0 Å². The first kappa shape index (κ1) is 82.5. The molecule has 11 aromatic rings. The van der Waals surface area contributed by atoms with E-state index in [1.54, 1.807) is 12.5 Å². The van der Waals surface area contributed by atoms with Gasteiger partial charge in [-0.3, -0.25) is 0 Å². The number of nitrogens with zero attached hydrogens (tertiary/aromatic N) is 5. The molecular weight excluding hydrogens is 1400 g/mol. The summed E-state index contributed by atoms with van der Waals surface area (Å²) in [5.74, 6) is -0.326. The predicted octanol–water partition coefficient (Wildman–Crippen LogP) is 20.0. The van der Waals surface area contributed by atoms with Crippen LogP contribution in [0.2, 0.25) is 15.1 Å². The van der Waals surface area contributed by atoms with E-state index in [1.165, 1.54) is 14.2 Å². The first-order valence-corrected chi connectivity index (χ1v) is 33.4. The zero-order chi connectivity index (χ0) is 71.8. The Balaban J connectivity index is 0.000000236. The Bertz CT molecular complexity index is 4740. The number of hydrogen-bond acceptors (Lipinski definition) is 13. The van der Waals surface area contributed by atoms with E-state index in [0.717, 1.165) is 112 Å². The van der Waals surface area contributed by atoms with Crippen molar-refractivity contribution in [1.29, 1.82) is 0 Å². The van der Waals surface area contributed by atoms with Gasteiger partial charge < -0.3 is 51.7 Å². The van der Waals surface area contributed by atoms with E-state index < -0.39 is 53.0 Å². The van der Waals surface area contributed by atoms with Gasteiger partial charge in [-0.15, -0.1) is 0 Å². The number of carbonyl (C=O) groups is 3. The van der Waals surface area contributed by atoms with Gasteiger partial charge in [0.1, 0.15) is 28.5 Å². The lowest BCUT2D eigenvalue weighted by molar-refractivity contribution is -0.164. The summed E-state index contributed by atoms with van der Waals surface area (Å²) in [6.07, 6.45) is 0.285. The van der Waals surface area contributed by atoms with E-state index in [9.17, 15) is 19.5 Å². The maximum absolute atomic E-state index is 13.1. The van der Waals surface area contributed by atoms with Crippen LogP contribution in [0.15, 0.2) is 118 Å². The van der Waals surface area contributed by atoms with Crippen molar-refractivity contribution in [3.8, 4) is 33.4 Å². The number of carboxylic acids is 1. The number of hydrogen-bond donors (Lipinski definition) is 2. The number of furan rings is 2. The molecule has 0 radical (unpaired) electrons. The van der Waals surface area contributed by atoms with E-state index in [-0.39, 0.29) is 40.5 Å². The number of aryl methyl sites for hydroxylation is 7. The Labute approximate surface area is 627 Å². The summed E-state index contributed by atoms with van der Waals surface area (Å²) in [5, 5.41) is 14.9. The number of H-pyrrole nitrogens is 1. The lowest BCUT2D eigenvalue weighted by Gasteiger charge is -2.28. The first-order valence-electron chi connectivity index (χ1n) is 32.3. The quantitative estimate of drug-likeness (QED) is 0.0863. The Hall–Kier alpha value is -7.50. The summed E-state index contributed by atoms with van der Waals surface area (Å²) in [4.78, 5) is 56.4. The molecule has 8 aromatic heterocycles. The monoisotopic (exact) mass is 1490 g/mol. The third-order valence-electron chi connectivity index (χ3n) is 17.1. The summed E-state index contributed by atoms with van der Waals surface area (Å²) in [5.41, 5.74) is 16.2. The molecule has 3 aromatic carbocycles. The SMILES string of the molecule is COC(=O)[C@@H](OC(C)(C)C)c1c(C)nc2[nH]c(C)c(C)c2c1-c1ccc(Cl)cc1.COC(=O)[C@@H](OC(C)(C)C)c1c(C)nc2c(c(C)c(C)n2Cc2ccco2)c1-c1ccc(Cl)cc1.Cc1nc2c(c(C)c(C)n2Cc2ccco2)c(-c2ccc(Cl)cc2)c1[C@H](OC(C)(C)C)C(=O)O.S.S.S. The molecule has 0 amide bonds. The molecule has 0 fully saturated rings. The number of aromatic amines is 1. The molecule has 0 saturated carbocycles. The van der Waals surface area contributed by atoms with Crippen LogP contribution in [-0.4, -0.2) is 83.1 Å². The number of ether oxygens (including phenoxy) is 5. The second-order valence-corrected chi connectivity index (χ2v) is 28.8. The minimum Gasteiger partial charge on any atom is -0.479 e. The molecule has 540 valence electrons. The second kappa shape index (κ2) is 33.3. The Morgan fingerprint density at radius 2 is 0.792 bits per heavy atom. The smallest absolute Gasteiger partial charge is 0.339 e. The van der Waals surface area contributed by atoms with Crippen molar-refractivity contribution in [3.63, 3.8) is 0 Å². The zero-order valence-electron chi connectivity index (χ0n) is 60.9. The van der Waals surface area contributed by atoms with Crippen LogP contribution in [-0.2, 0) is 51.2 Å². The summed E-state index contributed by atoms with van der Waals surface area (Å²) in [6.45, 7) is 36.0. The van der Waals surface area contributed by atoms with Gasteiger partial charge in [0.25, 0.3) is 0 Å². The number of fused-ring (bicyclic) bond motifs is 3. The van der Waals surface area contributed by atoms with E-state index in [2.05, 4.69) is 28.0 Å². The van der Waals surface area contributed by atoms with Crippen LogP contribution < -0.4 is 0 Å². The predicted molar refractivity (Wildman–Crippen MR) is 419 cm³/mol. The van der Waals surface area contributed by atoms with Crippen molar-refractivity contribution in [2.24, 2.45) is 0 Å². The maximum atomic E-state index is 13.1. The number of benzene rings is 3. The number of methoxy groups -OCH3 is 2. The van der Waals surface area contributed by atoms with Crippen LogP contribution in [0.1, 0.15) is 160 Å². The summed E-state index contributed by atoms with van der Waals surface area (Å²) < 4.78 is 44.3. The van der Waals surface area contributed by atoms with Crippen LogP contribution >= 0.6 is 75.3 Å². The number of carbonyl (C=O) groups excluding carboxylic acids is 2. The number of nitrogens with one attached hydrogen (secondary N) is 1. The summed E-state index contributed by atoms with van der Waals surface area (Å²) in [7, 11) is 2.75. The zero-order valence-corrected chi connectivity index (χ0v) is 66.2. The average Bonchev–Trinajstić information content (AvgIpc) is 1.64. The van der Waals surface area contributed by atoms with Gasteiger partial charge in [-0.2, -0.15) is 40.5 Å². The minimum atomic E-state index is -1.18. The van der Waals surface area contributed by atoms with Crippen molar-refractivity contribution in [1.82, 2.24) is 29.1 Å². The molecule has 11 rings (SSSR count). The normalized spacial score (nSPS) is 12.5. The largest absolute Gasteiger partial charge is 0.479 e. The minimum absolute atomic E-state index is 0. The fourth-order valence-electron chi connectivity index (χ4n) is 12.4. The Morgan fingerprint density at radius 3 is 1.10 bits per heavy atom. The number of aliphatic carboxylic acids is 1. The molecule has 0 bridgehead atoms. The van der Waals surface area contributed by atoms with Gasteiger partial charge in [-0.1, -0.05) is 71.2 Å². The highest BCUT2D eigenvalue weighted by molar-refractivity contribution is 7.59. The van der Waals surface area contributed by atoms with Gasteiger partial charge in [-0.25, -0.2) is 29.3 Å². The average molecular weight is 1490 g/mol. The molecule has 101 heavy (non-hydrogen) atoms. The van der Waals surface area contributed by atoms with Crippen molar-refractivity contribution < 1.29 is 52.0 Å². The van der Waals surface area contributed by atoms with Crippen LogP contribution in [0.4, 0.5) is 0 Å². The fraction of sp³-hybridized carbons (Fsp3) is 0.359. The number of halogens is 3. The molecule has 0 spiro atoms. The molecule has 0 aliphatic carbocycles. The molecular formula is C78H93Cl3N6O11S3. The Morgan fingerprint density at radius 1 is 0.475 bits per heavy atom. The molecule has 8 heterocycles. The van der Waals surface area contributed by atoms with E-state index >= 15 is 0 Å². The summed E-state index contributed by atoms with van der Waals surface area (Å²) >= 11 is 18.5. The fourth-order valence-corrected chi connectivity index (χ4v) is 12.8. The maximum Gasteiger partial charge on any atom is 0.339 e. The van der Waals surface area contributed by atoms with Gasteiger partial charge in [-0.05, 0) is 219 Å². The van der Waals surface area contributed by atoms with Gasteiger partial charge in [0.15, 0.2) is 18.3 Å². The van der Waals surface area contributed by atoms with Gasteiger partial charge in [0.2, 0.25) is 0 Å². The standard InChI is InChI=1S/C28H31ClN2O4.C27H29ClN2O4.C23H27ClN2O3.3H2S/c1-16-18(3)31(15-21-9-8-14-34-21)26-22(16)24(19-10-12-20(29)13-11-19)23(17(2)30-26)25(27(32)33-7)35-28(4,5)6;1-15-17(3)30(14-20-8-7-13-33-20)25-21(15)23(18-9-11-19(28)12-10-18)22(16(2)29-25)24(26(31)32)34-27(4,5)6;1-12-13(2)25-21-17(12)19(15-8-10-16(24)11-9-15)18(14(3)26-21)20(22(27)28-7)29-23(4,5)6;;;/h8-14,25H,15H2,1-7H3;7-13,24H,14H2,1-6H3,(H,31,32);8-11,20H,1-7H3,(H,25,26);3*1H2/t25-;24-;20-;;;/m000.../s1. The first-order chi connectivity index (χ1) is 46.0. The third-order valence-corrected chi connectivity index (χ3v) is 17.8. The number of pyridine rings is 3. The lowest BCUT2D eigenvalue weighted by Crippen LogP contribution is -2.29. The third kappa shape index (κ3) is 18.3. The van der Waals surface area contributed by atoms with Gasteiger partial charge >= 0.3 is 17.9 Å². The number of aromatic nitrogens is 6. The molecule has 0 saturated heterocycles. The molecule has 17 nitrogen and oxygen atoms in total. The number of carboxylic acid groups (broad SMARTS) is 1. The molecule has 23 heteroatoms. The van der Waals surface area contributed by atoms with Gasteiger partial charge in [0.05, 0.1) is 56.6 Å². The number of esters is 2. The van der Waals surface area contributed by atoms with Crippen LogP contribution in [0.3, 0.4) is 0 Å². The summed E-state index contributed by atoms with van der Waals surface area (Å²) in [6, 6.07) is 30.3. The van der Waals surface area contributed by atoms with Crippen molar-refractivity contribution in [2.75, 3.05) is 14.2 Å². The highest BCUT2D eigenvalue weighted by Crippen LogP contribution is 2.46. The lowest BCUT2D eigenvalue weighted by atomic mass is 9.91. The molecule has 0 aliphatic rings. The second-order valence-electron chi connectivity index (χ2n) is 27.4. The molecule has 2 N–H and O–H groups in total. The van der Waals surface area contributed by atoms with Crippen molar-refractivity contribution in [2.45, 2.75) is 173 Å². The molecule has 0 unspecified atom stereocenters. The number of rotatable bonds is 16. The highest BCUT2D eigenvalue weighted by atomic mass is 35.5. The van der Waals surface area contributed by atoms with Gasteiger partial charge in [0, 0.05) is 98.8 Å². The van der Waals surface area contributed by atoms with Crippen LogP contribution in [0, 0.1) is 62.3 Å². The highest BCUT2D eigenvalue weighted by Gasteiger charge is 2.38. The van der Waals surface area contributed by atoms with Crippen molar-refractivity contribution in [3.05, 3.63) is 204 Å². The van der Waals surface area contributed by atoms with E-state index in [4.69, 9.17) is 82.3 Å². The van der Waals surface area contributed by atoms with E-state index in [0.29, 0.717) is 61.9 Å². The topological polar surface area (TPSA) is 208 Å². The molecule has 0 aliphatic heterocycles. The Kier molecular flexibility index (Phi) is 27.2. The van der Waals surface area contributed by atoms with Crippen LogP contribution in [0.25, 0.3) is 66.5 Å². The molecule has 3 atom stereocenters.